The van der Waals surface area contributed by atoms with Gasteiger partial charge in [0.2, 0.25) is 0 Å². The lowest BCUT2D eigenvalue weighted by Crippen LogP contribution is -2.06. The molecule has 0 bridgehead atoms. The highest BCUT2D eigenvalue weighted by atomic mass is 14.8. The van der Waals surface area contributed by atoms with Gasteiger partial charge in [0.1, 0.15) is 0 Å². The molecular weight excluding hydrogens is 170 g/mol. The van der Waals surface area contributed by atoms with Crippen LogP contribution in [0.4, 0.5) is 0 Å². The first-order chi connectivity index (χ1) is 6.65. The Balaban J connectivity index is 0. The summed E-state index contributed by atoms with van der Waals surface area (Å²) in [6.45, 7) is 14.1. The van der Waals surface area contributed by atoms with E-state index in [-0.39, 0.29) is 0 Å². The lowest BCUT2D eigenvalue weighted by molar-refractivity contribution is 0.952. The van der Waals surface area contributed by atoms with Gasteiger partial charge in [-0.25, -0.2) is 0 Å². The first kappa shape index (κ1) is 15.5. The summed E-state index contributed by atoms with van der Waals surface area (Å²) < 4.78 is 0. The highest BCUT2D eigenvalue weighted by molar-refractivity contribution is 5.29. The van der Waals surface area contributed by atoms with Crippen LogP contribution in [-0.2, 0) is 0 Å². The molecule has 0 atom stereocenters. The van der Waals surface area contributed by atoms with Crippen LogP contribution in [0.2, 0.25) is 0 Å². The maximum atomic E-state index is 3.71. The first-order valence-electron chi connectivity index (χ1n) is 5.33. The van der Waals surface area contributed by atoms with Crippen molar-refractivity contribution in [2.75, 3.05) is 7.05 Å². The fourth-order valence-electron chi connectivity index (χ4n) is 0.886. The van der Waals surface area contributed by atoms with E-state index in [0.717, 1.165) is 6.42 Å². The summed E-state index contributed by atoms with van der Waals surface area (Å²) in [5, 5.41) is 3.17. The van der Waals surface area contributed by atoms with Gasteiger partial charge in [0.25, 0.3) is 0 Å². The van der Waals surface area contributed by atoms with Crippen LogP contribution in [0.1, 0.15) is 41.0 Å². The van der Waals surface area contributed by atoms with E-state index in [9.17, 15) is 0 Å². The fourth-order valence-corrected chi connectivity index (χ4v) is 0.886. The lowest BCUT2D eigenvalue weighted by atomic mass is 10.1. The van der Waals surface area contributed by atoms with Crippen molar-refractivity contribution in [3.63, 3.8) is 0 Å². The Morgan fingerprint density at radius 1 is 1.29 bits per heavy atom. The molecule has 14 heavy (non-hydrogen) atoms. The molecule has 0 aliphatic rings. The van der Waals surface area contributed by atoms with E-state index in [1.165, 1.54) is 16.8 Å². The van der Waals surface area contributed by atoms with E-state index in [4.69, 9.17) is 0 Å². The molecule has 0 aromatic heterocycles. The van der Waals surface area contributed by atoms with Gasteiger partial charge < -0.3 is 5.32 Å². The van der Waals surface area contributed by atoms with Gasteiger partial charge in [-0.2, -0.15) is 0 Å². The Labute approximate surface area is 89.6 Å². The molecule has 0 saturated carbocycles. The van der Waals surface area contributed by atoms with Gasteiger partial charge in [0, 0.05) is 12.7 Å². The van der Waals surface area contributed by atoms with Crippen LogP contribution in [0.15, 0.2) is 35.6 Å². The summed E-state index contributed by atoms with van der Waals surface area (Å²) in [5.74, 6) is 0. The fraction of sp³-hybridized carbons (Fsp3) is 0.538. The monoisotopic (exact) mass is 195 g/mol. The first-order valence-corrected chi connectivity index (χ1v) is 5.33. The molecule has 0 aliphatic carbocycles. The Kier molecular flexibility index (Phi) is 11.2. The Morgan fingerprint density at radius 2 is 1.79 bits per heavy atom. The van der Waals surface area contributed by atoms with E-state index in [0.29, 0.717) is 0 Å². The second-order valence-electron chi connectivity index (χ2n) is 2.89. The molecule has 0 heterocycles. The van der Waals surface area contributed by atoms with Crippen molar-refractivity contribution in [2.45, 2.75) is 41.0 Å². The van der Waals surface area contributed by atoms with Gasteiger partial charge in [0.15, 0.2) is 0 Å². The third kappa shape index (κ3) is 6.53. The van der Waals surface area contributed by atoms with Crippen molar-refractivity contribution in [1.29, 1.82) is 0 Å². The number of hydrogen-bond donors (Lipinski definition) is 1. The summed E-state index contributed by atoms with van der Waals surface area (Å²) >= 11 is 0. The molecule has 0 aliphatic heterocycles. The van der Waals surface area contributed by atoms with Gasteiger partial charge >= 0.3 is 0 Å². The molecule has 0 fully saturated rings. The molecule has 1 N–H and O–H groups in total. The third-order valence-electron chi connectivity index (χ3n) is 1.95. The minimum Gasteiger partial charge on any atom is -0.388 e. The van der Waals surface area contributed by atoms with Crippen molar-refractivity contribution < 1.29 is 0 Å². The van der Waals surface area contributed by atoms with Crippen molar-refractivity contribution >= 4 is 0 Å². The smallest absolute Gasteiger partial charge is 0.0329 e. The van der Waals surface area contributed by atoms with Gasteiger partial charge in [-0.1, -0.05) is 39.0 Å². The second kappa shape index (κ2) is 10.1. The van der Waals surface area contributed by atoms with Crippen molar-refractivity contribution in [3.8, 4) is 0 Å². The summed E-state index contributed by atoms with van der Waals surface area (Å²) in [5.41, 5.74) is 3.76. The molecule has 0 unspecified atom stereocenters. The van der Waals surface area contributed by atoms with E-state index in [2.05, 4.69) is 31.8 Å². The van der Waals surface area contributed by atoms with Crippen LogP contribution >= 0.6 is 0 Å². The zero-order valence-corrected chi connectivity index (χ0v) is 10.6. The third-order valence-corrected chi connectivity index (χ3v) is 1.95. The highest BCUT2D eigenvalue weighted by Gasteiger charge is 1.94. The van der Waals surface area contributed by atoms with Crippen LogP contribution in [0.3, 0.4) is 0 Å². The van der Waals surface area contributed by atoms with Crippen LogP contribution in [0.25, 0.3) is 0 Å². The van der Waals surface area contributed by atoms with Gasteiger partial charge in [-0.15, -0.1) is 0 Å². The van der Waals surface area contributed by atoms with E-state index >= 15 is 0 Å². The Hall–Kier alpha value is -0.980. The van der Waals surface area contributed by atoms with Gasteiger partial charge in [0.05, 0.1) is 0 Å². The molecular formula is C13H25N. The summed E-state index contributed by atoms with van der Waals surface area (Å²) in [6, 6.07) is 0. The maximum Gasteiger partial charge on any atom is 0.0329 e. The van der Waals surface area contributed by atoms with E-state index in [1.807, 2.05) is 33.9 Å². The SMILES string of the molecule is C=C/C(C)=C\C(NC)=C(/C)CC.CC. The summed E-state index contributed by atoms with van der Waals surface area (Å²) in [6.07, 6.45) is 5.06. The van der Waals surface area contributed by atoms with Crippen LogP contribution in [0, 0.1) is 0 Å². The molecule has 0 spiro atoms. The van der Waals surface area contributed by atoms with E-state index in [1.54, 1.807) is 0 Å². The molecule has 0 rings (SSSR count). The highest BCUT2D eigenvalue weighted by Crippen LogP contribution is 2.08. The molecule has 0 saturated heterocycles. The molecule has 0 radical (unpaired) electrons. The van der Waals surface area contributed by atoms with Crippen LogP contribution in [-0.4, -0.2) is 7.05 Å². The number of nitrogens with one attached hydrogen (secondary N) is 1. The topological polar surface area (TPSA) is 12.0 Å². The van der Waals surface area contributed by atoms with Gasteiger partial charge in [-0.3, -0.25) is 0 Å². The number of likely N-dealkylation sites (N-methyl/N-ethyl adjacent to an activating group) is 1. The predicted molar refractivity (Wildman–Crippen MR) is 67.4 cm³/mol. The zero-order valence-electron chi connectivity index (χ0n) is 10.6. The maximum absolute atomic E-state index is 3.71. The average Bonchev–Trinajstić information content (AvgIpc) is 2.27. The molecule has 82 valence electrons. The zero-order chi connectivity index (χ0) is 11.6. The van der Waals surface area contributed by atoms with Gasteiger partial charge in [-0.05, 0) is 31.9 Å². The van der Waals surface area contributed by atoms with Crippen LogP contribution in [0.5, 0.6) is 0 Å². The number of hydrogen-bond acceptors (Lipinski definition) is 1. The molecule has 0 amide bonds. The standard InChI is InChI=1S/C11H19N.C2H6/c1-6-9(3)8-11(12-5)10(4)7-2;1-2/h6,8,12H,1,7H2,2-5H3;1-2H3/b9-8-,11-10-;. The summed E-state index contributed by atoms with van der Waals surface area (Å²) in [7, 11) is 1.95. The quantitative estimate of drug-likeness (QED) is 0.667. The second-order valence-corrected chi connectivity index (χ2v) is 2.89. The number of rotatable bonds is 4. The molecule has 1 heteroatoms. The Bertz CT molecular complexity index is 209. The molecule has 1 nitrogen and oxygen atoms in total. The molecule has 0 aromatic rings. The van der Waals surface area contributed by atoms with Crippen molar-refractivity contribution in [2.24, 2.45) is 0 Å². The normalized spacial score (nSPS) is 12.3. The molecule has 0 aromatic carbocycles. The van der Waals surface area contributed by atoms with Crippen molar-refractivity contribution in [3.05, 3.63) is 35.6 Å². The lowest BCUT2D eigenvalue weighted by Gasteiger charge is -2.06. The Morgan fingerprint density at radius 3 is 2.07 bits per heavy atom. The average molecular weight is 195 g/mol. The largest absolute Gasteiger partial charge is 0.388 e. The predicted octanol–water partition coefficient (Wildman–Crippen LogP) is 4.05. The minimum atomic E-state index is 1.08. The number of allylic oxidation sites excluding steroid dienone is 4. The van der Waals surface area contributed by atoms with E-state index < -0.39 is 0 Å². The van der Waals surface area contributed by atoms with Crippen LogP contribution < -0.4 is 5.32 Å². The summed E-state index contributed by atoms with van der Waals surface area (Å²) in [4.78, 5) is 0. The minimum absolute atomic E-state index is 1.08. The van der Waals surface area contributed by atoms with Crippen molar-refractivity contribution in [1.82, 2.24) is 5.32 Å².